The fourth-order valence-corrected chi connectivity index (χ4v) is 3.44. The number of carbonyl (C=O) groups is 2. The minimum atomic E-state index is -1.30. The molecule has 0 atom stereocenters. The van der Waals surface area contributed by atoms with Crippen molar-refractivity contribution in [2.75, 3.05) is 0 Å². The van der Waals surface area contributed by atoms with Gasteiger partial charge in [0, 0.05) is 22.7 Å². The van der Waals surface area contributed by atoms with Crippen LogP contribution in [0.3, 0.4) is 0 Å². The number of amides is 2. The van der Waals surface area contributed by atoms with Crippen LogP contribution in [0.15, 0.2) is 85.2 Å². The van der Waals surface area contributed by atoms with Crippen LogP contribution >= 0.6 is 11.6 Å². The van der Waals surface area contributed by atoms with Crippen molar-refractivity contribution in [3.63, 3.8) is 0 Å². The topological polar surface area (TPSA) is 97.1 Å². The van der Waals surface area contributed by atoms with Gasteiger partial charge >= 0.3 is 0 Å². The molecule has 0 aliphatic rings. The smallest absolute Gasteiger partial charge is 0.270 e. The third kappa shape index (κ3) is 5.68. The molecule has 1 aromatic heterocycles. The zero-order chi connectivity index (χ0) is 24.9. The van der Waals surface area contributed by atoms with Gasteiger partial charge in [-0.3, -0.25) is 14.6 Å². The van der Waals surface area contributed by atoms with Gasteiger partial charge < -0.3 is 16.4 Å². The van der Waals surface area contributed by atoms with Crippen LogP contribution in [0.25, 0.3) is 10.7 Å². The maximum absolute atomic E-state index is 13.6. The van der Waals surface area contributed by atoms with Gasteiger partial charge in [-0.05, 0) is 48.9 Å². The molecule has 0 bridgehead atoms. The quantitative estimate of drug-likeness (QED) is 0.474. The van der Waals surface area contributed by atoms with E-state index in [2.05, 4.69) is 22.2 Å². The monoisotopic (exact) mass is 478 g/mol. The summed E-state index contributed by atoms with van der Waals surface area (Å²) in [4.78, 5) is 29.7. The van der Waals surface area contributed by atoms with Crippen molar-refractivity contribution in [3.05, 3.63) is 113 Å². The summed E-state index contributed by atoms with van der Waals surface area (Å²) < 4.78 is 13.6. The third-order valence-electron chi connectivity index (χ3n) is 5.04. The van der Waals surface area contributed by atoms with Gasteiger partial charge in [-0.15, -0.1) is 0 Å². The van der Waals surface area contributed by atoms with Crippen LogP contribution in [-0.2, 0) is 4.79 Å². The first kappa shape index (κ1) is 24.7. The van der Waals surface area contributed by atoms with Crippen LogP contribution < -0.4 is 26.8 Å². The third-order valence-corrected chi connectivity index (χ3v) is 5.25. The normalized spacial score (nSPS) is 12.9. The van der Waals surface area contributed by atoms with E-state index in [1.165, 1.54) is 18.3 Å². The lowest BCUT2D eigenvalue weighted by atomic mass is 9.97. The highest BCUT2D eigenvalue weighted by Crippen LogP contribution is 2.19. The Balaban J connectivity index is 1.99. The molecule has 2 aromatic carbocycles. The van der Waals surface area contributed by atoms with Gasteiger partial charge in [-0.1, -0.05) is 60.6 Å². The molecule has 4 N–H and O–H groups in total. The number of hydrogen-bond donors (Lipinski definition) is 3. The van der Waals surface area contributed by atoms with E-state index < -0.39 is 23.2 Å². The van der Waals surface area contributed by atoms with E-state index in [1.54, 1.807) is 68.4 Å². The SMILES string of the molecule is C=C(NC(=O)C(C)(C)NC(=O)c1ccccn1)/C(c1ccc(F)cc1)=c1/cccc/c1=C(/N)Cl. The Bertz CT molecular complexity index is 1350. The van der Waals surface area contributed by atoms with Crippen LogP contribution in [-0.4, -0.2) is 22.3 Å². The fraction of sp³-hybridized carbons (Fsp3) is 0.115. The summed E-state index contributed by atoms with van der Waals surface area (Å²) in [5.41, 5.74) is 6.07. The second-order valence-electron chi connectivity index (χ2n) is 8.00. The molecule has 34 heavy (non-hydrogen) atoms. The number of carbonyl (C=O) groups excluding carboxylic acids is 2. The highest BCUT2D eigenvalue weighted by Gasteiger charge is 2.31. The molecule has 0 aliphatic heterocycles. The average molecular weight is 479 g/mol. The molecule has 3 rings (SSSR count). The average Bonchev–Trinajstić information content (AvgIpc) is 2.81. The second kappa shape index (κ2) is 10.3. The van der Waals surface area contributed by atoms with E-state index in [0.29, 0.717) is 21.6 Å². The highest BCUT2D eigenvalue weighted by atomic mass is 35.5. The van der Waals surface area contributed by atoms with E-state index in [0.717, 1.165) is 0 Å². The van der Waals surface area contributed by atoms with Gasteiger partial charge in [-0.25, -0.2) is 4.39 Å². The van der Waals surface area contributed by atoms with E-state index in [1.807, 2.05) is 0 Å². The number of aromatic nitrogens is 1. The number of nitrogens with zero attached hydrogens (tertiary/aromatic N) is 1. The van der Waals surface area contributed by atoms with Crippen molar-refractivity contribution in [1.82, 2.24) is 15.6 Å². The first-order valence-corrected chi connectivity index (χ1v) is 10.7. The molecular weight excluding hydrogens is 455 g/mol. The molecular formula is C26H24ClFN4O2. The lowest BCUT2D eigenvalue weighted by molar-refractivity contribution is -0.125. The van der Waals surface area contributed by atoms with Crippen LogP contribution in [0, 0.1) is 5.82 Å². The first-order chi connectivity index (χ1) is 16.1. The van der Waals surface area contributed by atoms with E-state index in [9.17, 15) is 14.0 Å². The molecule has 0 unspecified atom stereocenters. The summed E-state index contributed by atoms with van der Waals surface area (Å²) in [6.07, 6.45) is 1.49. The Kier molecular flexibility index (Phi) is 7.48. The minimum absolute atomic E-state index is 0.0530. The molecule has 6 nitrogen and oxygen atoms in total. The predicted molar refractivity (Wildman–Crippen MR) is 131 cm³/mol. The molecule has 0 aliphatic carbocycles. The van der Waals surface area contributed by atoms with Crippen molar-refractivity contribution in [2.45, 2.75) is 19.4 Å². The molecule has 1 heterocycles. The summed E-state index contributed by atoms with van der Waals surface area (Å²) in [7, 11) is 0. The minimum Gasteiger partial charge on any atom is -0.389 e. The van der Waals surface area contributed by atoms with Crippen LogP contribution in [0.4, 0.5) is 4.39 Å². The van der Waals surface area contributed by atoms with Crippen molar-refractivity contribution in [1.29, 1.82) is 0 Å². The molecule has 8 heteroatoms. The lowest BCUT2D eigenvalue weighted by Gasteiger charge is -2.26. The summed E-state index contributed by atoms with van der Waals surface area (Å²) in [5.74, 6) is -1.42. The highest BCUT2D eigenvalue weighted by molar-refractivity contribution is 6.44. The number of allylic oxidation sites excluding steroid dienone is 1. The van der Waals surface area contributed by atoms with Crippen molar-refractivity contribution < 1.29 is 14.0 Å². The molecule has 0 spiro atoms. The van der Waals surface area contributed by atoms with Gasteiger partial charge in [0.25, 0.3) is 5.91 Å². The number of rotatable bonds is 6. The van der Waals surface area contributed by atoms with Gasteiger partial charge in [0.2, 0.25) is 5.91 Å². The second-order valence-corrected chi connectivity index (χ2v) is 8.41. The molecule has 0 fully saturated rings. The molecule has 0 saturated carbocycles. The van der Waals surface area contributed by atoms with E-state index in [4.69, 9.17) is 17.3 Å². The number of pyridine rings is 1. The zero-order valence-electron chi connectivity index (χ0n) is 18.7. The van der Waals surface area contributed by atoms with E-state index >= 15 is 0 Å². The van der Waals surface area contributed by atoms with Crippen LogP contribution in [0.2, 0.25) is 0 Å². The zero-order valence-corrected chi connectivity index (χ0v) is 19.5. The number of halogens is 2. The Morgan fingerprint density at radius 1 is 1.00 bits per heavy atom. The molecule has 3 aromatic rings. The van der Waals surface area contributed by atoms with Crippen LogP contribution in [0.5, 0.6) is 0 Å². The Morgan fingerprint density at radius 3 is 2.21 bits per heavy atom. The fourth-order valence-electron chi connectivity index (χ4n) is 3.28. The Morgan fingerprint density at radius 2 is 1.62 bits per heavy atom. The Labute approximate surface area is 201 Å². The Hall–Kier alpha value is -3.97. The molecule has 0 radical (unpaired) electrons. The molecule has 0 saturated heterocycles. The molecule has 2 amide bonds. The number of benzene rings is 2. The van der Waals surface area contributed by atoms with Crippen molar-refractivity contribution in [2.24, 2.45) is 5.73 Å². The number of nitrogens with two attached hydrogens (primary N) is 1. The maximum atomic E-state index is 13.6. The summed E-state index contributed by atoms with van der Waals surface area (Å²) >= 11 is 6.11. The standard InChI is InChI=1S/C26H24ClFN4O2/c1-16(31-25(34)26(2,3)32-24(33)21-10-6-7-15-30-21)22(17-11-13-18(28)14-12-17)19-8-4-5-9-20(19)23(27)29/h4-15H,1,29H2,2-3H3,(H,31,34)(H,32,33)/b22-19+,23-20-. The van der Waals surface area contributed by atoms with Gasteiger partial charge in [0.1, 0.15) is 22.2 Å². The summed E-state index contributed by atoms with van der Waals surface area (Å²) in [5, 5.41) is 6.62. The van der Waals surface area contributed by atoms with Gasteiger partial charge in [-0.2, -0.15) is 0 Å². The van der Waals surface area contributed by atoms with Crippen molar-refractivity contribution >= 4 is 34.1 Å². The first-order valence-electron chi connectivity index (χ1n) is 10.3. The molecule has 174 valence electrons. The van der Waals surface area contributed by atoms with E-state index in [-0.39, 0.29) is 16.5 Å². The summed E-state index contributed by atoms with van der Waals surface area (Å²) in [6.45, 7) is 7.16. The number of hydrogen-bond acceptors (Lipinski definition) is 4. The summed E-state index contributed by atoms with van der Waals surface area (Å²) in [6, 6.07) is 17.7. The predicted octanol–water partition coefficient (Wildman–Crippen LogP) is 2.52. The van der Waals surface area contributed by atoms with Gasteiger partial charge in [0.15, 0.2) is 0 Å². The maximum Gasteiger partial charge on any atom is 0.270 e. The van der Waals surface area contributed by atoms with Crippen molar-refractivity contribution in [3.8, 4) is 0 Å². The largest absolute Gasteiger partial charge is 0.389 e. The van der Waals surface area contributed by atoms with Crippen LogP contribution in [0.1, 0.15) is 29.9 Å². The lowest BCUT2D eigenvalue weighted by Crippen LogP contribution is -2.54. The number of nitrogens with one attached hydrogen (secondary N) is 2. The van der Waals surface area contributed by atoms with Gasteiger partial charge in [0.05, 0.1) is 0 Å².